The highest BCUT2D eigenvalue weighted by atomic mass is 35.5. The maximum absolute atomic E-state index is 11.9. The molecule has 0 unspecified atom stereocenters. The third kappa shape index (κ3) is 4.22. The average Bonchev–Trinajstić information content (AvgIpc) is 3.09. The second-order valence-corrected chi connectivity index (χ2v) is 6.12. The summed E-state index contributed by atoms with van der Waals surface area (Å²) in [5, 5.41) is 4.22. The molecule has 0 bridgehead atoms. The van der Waals surface area contributed by atoms with E-state index >= 15 is 0 Å². The molecule has 2 aromatic heterocycles. The molecule has 2 heterocycles. The van der Waals surface area contributed by atoms with E-state index in [0.29, 0.717) is 22.5 Å². The molecule has 6 nitrogen and oxygen atoms in total. The Morgan fingerprint density at radius 1 is 1.20 bits per heavy atom. The largest absolute Gasteiger partial charge is 0.452 e. The number of carbonyl (C=O) groups excluding carboxylic acids is 1. The van der Waals surface area contributed by atoms with Gasteiger partial charge >= 0.3 is 5.97 Å². The molecule has 0 spiro atoms. The molecule has 0 N–H and O–H groups in total. The van der Waals surface area contributed by atoms with Crippen LogP contribution in [0.3, 0.4) is 0 Å². The van der Waals surface area contributed by atoms with Gasteiger partial charge in [0.25, 0.3) is 5.89 Å². The molecule has 0 fully saturated rings. The first-order valence-electron chi connectivity index (χ1n) is 7.74. The van der Waals surface area contributed by atoms with Crippen LogP contribution >= 0.6 is 11.6 Å². The number of ether oxygens (including phenoxy) is 1. The van der Waals surface area contributed by atoms with E-state index in [-0.39, 0.29) is 12.5 Å². The van der Waals surface area contributed by atoms with E-state index in [1.165, 1.54) is 23.9 Å². The molecular formula is C18H16ClN3O3. The molecule has 3 aromatic rings. The van der Waals surface area contributed by atoms with Crippen molar-refractivity contribution >= 4 is 17.6 Å². The molecule has 0 atom stereocenters. The molecule has 0 aliphatic carbocycles. The number of carbonyl (C=O) groups is 1. The normalized spacial score (nSPS) is 10.9. The number of benzene rings is 1. The topological polar surface area (TPSA) is 78.1 Å². The van der Waals surface area contributed by atoms with Gasteiger partial charge in [0.05, 0.1) is 5.56 Å². The van der Waals surface area contributed by atoms with E-state index in [0.717, 1.165) is 5.56 Å². The number of aromatic nitrogens is 3. The zero-order valence-electron chi connectivity index (χ0n) is 13.8. The van der Waals surface area contributed by atoms with E-state index in [1.54, 1.807) is 0 Å². The van der Waals surface area contributed by atoms with Crippen molar-refractivity contribution in [2.75, 3.05) is 0 Å². The van der Waals surface area contributed by atoms with Crippen molar-refractivity contribution < 1.29 is 14.1 Å². The zero-order chi connectivity index (χ0) is 17.8. The van der Waals surface area contributed by atoms with Crippen LogP contribution in [0.25, 0.3) is 11.4 Å². The number of nitrogens with zero attached hydrogens (tertiary/aromatic N) is 3. The van der Waals surface area contributed by atoms with Gasteiger partial charge < -0.3 is 9.26 Å². The van der Waals surface area contributed by atoms with Crippen molar-refractivity contribution in [3.63, 3.8) is 0 Å². The highest BCUT2D eigenvalue weighted by Gasteiger charge is 2.13. The summed E-state index contributed by atoms with van der Waals surface area (Å²) < 4.78 is 10.3. The van der Waals surface area contributed by atoms with Crippen molar-refractivity contribution in [3.05, 3.63) is 64.8 Å². The van der Waals surface area contributed by atoms with Gasteiger partial charge in [-0.05, 0) is 23.6 Å². The molecule has 0 saturated carbocycles. The molecule has 0 aliphatic rings. The second kappa shape index (κ2) is 7.44. The van der Waals surface area contributed by atoms with Crippen LogP contribution in [0.1, 0.15) is 41.6 Å². The summed E-state index contributed by atoms with van der Waals surface area (Å²) in [6.45, 7) is 4.15. The molecule has 3 rings (SSSR count). The van der Waals surface area contributed by atoms with Gasteiger partial charge in [0, 0.05) is 11.8 Å². The summed E-state index contributed by atoms with van der Waals surface area (Å²) in [4.78, 5) is 20.0. The van der Waals surface area contributed by atoms with E-state index in [2.05, 4.69) is 29.0 Å². The number of pyridine rings is 1. The van der Waals surface area contributed by atoms with E-state index in [9.17, 15) is 4.79 Å². The van der Waals surface area contributed by atoms with E-state index in [4.69, 9.17) is 20.9 Å². The lowest BCUT2D eigenvalue weighted by Gasteiger charge is -2.04. The molecular weight excluding hydrogens is 342 g/mol. The minimum absolute atomic E-state index is 0.113. The van der Waals surface area contributed by atoms with Gasteiger partial charge in [-0.25, -0.2) is 9.78 Å². The van der Waals surface area contributed by atoms with Crippen LogP contribution in [0.2, 0.25) is 5.15 Å². The first-order chi connectivity index (χ1) is 12.0. The third-order valence-corrected chi connectivity index (χ3v) is 3.82. The third-order valence-electron chi connectivity index (χ3n) is 3.59. The maximum Gasteiger partial charge on any atom is 0.340 e. The Labute approximate surface area is 149 Å². The summed E-state index contributed by atoms with van der Waals surface area (Å²) in [6, 6.07) is 11.0. The number of rotatable bonds is 5. The van der Waals surface area contributed by atoms with Gasteiger partial charge in [-0.2, -0.15) is 4.98 Å². The van der Waals surface area contributed by atoms with Crippen molar-refractivity contribution in [2.45, 2.75) is 26.4 Å². The predicted octanol–water partition coefficient (Wildman–Crippen LogP) is 4.27. The Hall–Kier alpha value is -2.73. The molecule has 0 saturated heterocycles. The van der Waals surface area contributed by atoms with Gasteiger partial charge in [-0.1, -0.05) is 54.9 Å². The average molecular weight is 358 g/mol. The van der Waals surface area contributed by atoms with Crippen LogP contribution in [0.4, 0.5) is 0 Å². The number of esters is 1. The standard InChI is InChI=1S/C18H16ClN3O3/c1-11(2)12-3-5-13(6-4-12)17-21-16(25-22-17)10-24-18(23)14-7-8-15(19)20-9-14/h3-9,11H,10H2,1-2H3. The Bertz CT molecular complexity index is 858. The molecule has 0 radical (unpaired) electrons. The molecule has 25 heavy (non-hydrogen) atoms. The summed E-state index contributed by atoms with van der Waals surface area (Å²) in [5.74, 6) is 0.592. The minimum Gasteiger partial charge on any atom is -0.452 e. The summed E-state index contributed by atoms with van der Waals surface area (Å²) in [7, 11) is 0. The number of hydrogen-bond acceptors (Lipinski definition) is 6. The fourth-order valence-electron chi connectivity index (χ4n) is 2.16. The Morgan fingerprint density at radius 2 is 1.96 bits per heavy atom. The van der Waals surface area contributed by atoms with Gasteiger partial charge in [0.2, 0.25) is 5.82 Å². The lowest BCUT2D eigenvalue weighted by atomic mass is 10.0. The first-order valence-corrected chi connectivity index (χ1v) is 8.12. The van der Waals surface area contributed by atoms with Crippen LogP contribution in [0.5, 0.6) is 0 Å². The summed E-state index contributed by atoms with van der Waals surface area (Å²) in [5.41, 5.74) is 2.37. The molecule has 0 amide bonds. The van der Waals surface area contributed by atoms with Crippen LogP contribution in [0.15, 0.2) is 47.1 Å². The molecule has 0 aliphatic heterocycles. The Morgan fingerprint density at radius 3 is 2.60 bits per heavy atom. The number of halogens is 1. The zero-order valence-corrected chi connectivity index (χ0v) is 14.5. The monoisotopic (exact) mass is 357 g/mol. The van der Waals surface area contributed by atoms with Crippen molar-refractivity contribution in [3.8, 4) is 11.4 Å². The second-order valence-electron chi connectivity index (χ2n) is 5.73. The quantitative estimate of drug-likeness (QED) is 0.501. The van der Waals surface area contributed by atoms with E-state index < -0.39 is 5.97 Å². The Kier molecular flexibility index (Phi) is 5.09. The van der Waals surface area contributed by atoms with Crippen LogP contribution in [-0.4, -0.2) is 21.1 Å². The summed E-state index contributed by atoms with van der Waals surface area (Å²) in [6.07, 6.45) is 1.35. The van der Waals surface area contributed by atoms with Gasteiger partial charge in [-0.15, -0.1) is 0 Å². The Balaban J connectivity index is 1.63. The molecule has 7 heteroatoms. The lowest BCUT2D eigenvalue weighted by Crippen LogP contribution is -2.05. The van der Waals surface area contributed by atoms with Crippen molar-refractivity contribution in [2.24, 2.45) is 0 Å². The van der Waals surface area contributed by atoms with Crippen LogP contribution in [-0.2, 0) is 11.3 Å². The number of hydrogen-bond donors (Lipinski definition) is 0. The van der Waals surface area contributed by atoms with Gasteiger partial charge in [0.1, 0.15) is 5.15 Å². The predicted molar refractivity (Wildman–Crippen MR) is 92.2 cm³/mol. The SMILES string of the molecule is CC(C)c1ccc(-c2noc(COC(=O)c3ccc(Cl)nc3)n2)cc1. The van der Waals surface area contributed by atoms with Crippen LogP contribution < -0.4 is 0 Å². The molecule has 1 aromatic carbocycles. The summed E-state index contributed by atoms with van der Waals surface area (Å²) >= 11 is 5.68. The fraction of sp³-hybridized carbons (Fsp3) is 0.222. The lowest BCUT2D eigenvalue weighted by molar-refractivity contribution is 0.0429. The smallest absolute Gasteiger partial charge is 0.340 e. The van der Waals surface area contributed by atoms with Crippen molar-refractivity contribution in [1.82, 2.24) is 15.1 Å². The molecule has 128 valence electrons. The van der Waals surface area contributed by atoms with Gasteiger partial charge in [0.15, 0.2) is 6.61 Å². The first kappa shape index (κ1) is 17.1. The maximum atomic E-state index is 11.9. The fourth-order valence-corrected chi connectivity index (χ4v) is 2.27. The highest BCUT2D eigenvalue weighted by molar-refractivity contribution is 6.29. The van der Waals surface area contributed by atoms with E-state index in [1.807, 2.05) is 24.3 Å². The van der Waals surface area contributed by atoms with Crippen molar-refractivity contribution in [1.29, 1.82) is 0 Å². The van der Waals surface area contributed by atoms with Gasteiger partial charge in [-0.3, -0.25) is 0 Å². The minimum atomic E-state index is -0.537. The highest BCUT2D eigenvalue weighted by Crippen LogP contribution is 2.20. The van der Waals surface area contributed by atoms with Crippen LogP contribution in [0, 0.1) is 0 Å².